The highest BCUT2D eigenvalue weighted by Gasteiger charge is 2.23. The fourth-order valence-corrected chi connectivity index (χ4v) is 2.81. The Labute approximate surface area is 107 Å². The highest BCUT2D eigenvalue weighted by Crippen LogP contribution is 2.30. The first-order valence-corrected chi connectivity index (χ1v) is 6.65. The Bertz CT molecular complexity index is 418. The molecule has 0 spiro atoms. The first-order chi connectivity index (χ1) is 8.88. The number of nitrogens with one attached hydrogen (secondary N) is 1. The number of nitrogens with zero attached hydrogens (tertiary/aromatic N) is 1. The summed E-state index contributed by atoms with van der Waals surface area (Å²) in [5, 5.41) is 3.30. The molecule has 0 aliphatic carbocycles. The SMILES string of the molecule is FC[C@H](c1ccc2c(c1)CCO2)N1CCNCC1. The number of halogens is 1. The Kier molecular flexibility index (Phi) is 3.48. The van der Waals surface area contributed by atoms with E-state index in [2.05, 4.69) is 16.3 Å². The third-order valence-electron chi connectivity index (χ3n) is 3.84. The summed E-state index contributed by atoms with van der Waals surface area (Å²) in [6.07, 6.45) is 0.948. The van der Waals surface area contributed by atoms with Gasteiger partial charge >= 0.3 is 0 Å². The Morgan fingerprint density at radius 3 is 2.94 bits per heavy atom. The number of ether oxygens (including phenoxy) is 1. The second-order valence-corrected chi connectivity index (χ2v) is 4.92. The third kappa shape index (κ3) is 2.22. The normalized spacial score (nSPS) is 21.4. The van der Waals surface area contributed by atoms with E-state index < -0.39 is 0 Å². The van der Waals surface area contributed by atoms with Gasteiger partial charge in [-0.05, 0) is 17.2 Å². The molecule has 1 saturated heterocycles. The van der Waals surface area contributed by atoms with Crippen molar-refractivity contribution < 1.29 is 9.13 Å². The number of rotatable bonds is 3. The molecule has 18 heavy (non-hydrogen) atoms. The summed E-state index contributed by atoms with van der Waals surface area (Å²) in [7, 11) is 0. The van der Waals surface area contributed by atoms with E-state index in [4.69, 9.17) is 4.74 Å². The predicted octanol–water partition coefficient (Wildman–Crippen LogP) is 1.54. The van der Waals surface area contributed by atoms with Crippen LogP contribution in [-0.2, 0) is 6.42 Å². The Hall–Kier alpha value is -1.13. The van der Waals surface area contributed by atoms with Crippen molar-refractivity contribution in [3.63, 3.8) is 0 Å². The van der Waals surface area contributed by atoms with Crippen LogP contribution in [-0.4, -0.2) is 44.4 Å². The summed E-state index contributed by atoms with van der Waals surface area (Å²) in [5.41, 5.74) is 2.31. The molecule has 2 heterocycles. The lowest BCUT2D eigenvalue weighted by Gasteiger charge is -2.33. The van der Waals surface area contributed by atoms with Gasteiger partial charge in [0.1, 0.15) is 12.4 Å². The van der Waals surface area contributed by atoms with E-state index in [1.807, 2.05) is 12.1 Å². The van der Waals surface area contributed by atoms with Gasteiger partial charge in [0.05, 0.1) is 12.6 Å². The Balaban J connectivity index is 1.82. The molecule has 1 aromatic carbocycles. The molecule has 0 saturated carbocycles. The lowest BCUT2D eigenvalue weighted by Crippen LogP contribution is -2.45. The molecule has 1 aromatic rings. The van der Waals surface area contributed by atoms with Crippen molar-refractivity contribution in [2.75, 3.05) is 39.5 Å². The topological polar surface area (TPSA) is 24.5 Å². The number of hydrogen-bond donors (Lipinski definition) is 1. The van der Waals surface area contributed by atoms with Crippen molar-refractivity contribution in [3.8, 4) is 5.75 Å². The maximum Gasteiger partial charge on any atom is 0.122 e. The van der Waals surface area contributed by atoms with Crippen molar-refractivity contribution in [2.45, 2.75) is 12.5 Å². The quantitative estimate of drug-likeness (QED) is 0.880. The maximum absolute atomic E-state index is 13.4. The maximum atomic E-state index is 13.4. The molecule has 0 radical (unpaired) electrons. The van der Waals surface area contributed by atoms with E-state index >= 15 is 0 Å². The Morgan fingerprint density at radius 1 is 1.33 bits per heavy atom. The van der Waals surface area contributed by atoms with Crippen LogP contribution >= 0.6 is 0 Å². The van der Waals surface area contributed by atoms with Gasteiger partial charge in [0, 0.05) is 32.6 Å². The molecular weight excluding hydrogens is 231 g/mol. The third-order valence-corrected chi connectivity index (χ3v) is 3.84. The Morgan fingerprint density at radius 2 is 2.17 bits per heavy atom. The lowest BCUT2D eigenvalue weighted by molar-refractivity contribution is 0.147. The first-order valence-electron chi connectivity index (χ1n) is 6.65. The van der Waals surface area contributed by atoms with Crippen molar-refractivity contribution in [1.29, 1.82) is 0 Å². The predicted molar refractivity (Wildman–Crippen MR) is 68.8 cm³/mol. The molecule has 1 fully saturated rings. The summed E-state index contributed by atoms with van der Waals surface area (Å²) >= 11 is 0. The molecule has 0 unspecified atom stereocenters. The summed E-state index contributed by atoms with van der Waals surface area (Å²) in [6, 6.07) is 6.02. The van der Waals surface area contributed by atoms with Crippen molar-refractivity contribution in [2.24, 2.45) is 0 Å². The molecule has 3 rings (SSSR count). The zero-order chi connectivity index (χ0) is 12.4. The van der Waals surface area contributed by atoms with E-state index in [-0.39, 0.29) is 12.7 Å². The van der Waals surface area contributed by atoms with Crippen LogP contribution in [0.1, 0.15) is 17.2 Å². The van der Waals surface area contributed by atoms with Gasteiger partial charge in [-0.25, -0.2) is 4.39 Å². The monoisotopic (exact) mass is 250 g/mol. The van der Waals surface area contributed by atoms with Crippen molar-refractivity contribution in [1.82, 2.24) is 10.2 Å². The average molecular weight is 250 g/mol. The minimum Gasteiger partial charge on any atom is -0.493 e. The largest absolute Gasteiger partial charge is 0.493 e. The molecule has 1 atom stereocenters. The summed E-state index contributed by atoms with van der Waals surface area (Å²) in [5.74, 6) is 0.969. The van der Waals surface area contributed by atoms with Crippen LogP contribution in [0.4, 0.5) is 4.39 Å². The van der Waals surface area contributed by atoms with E-state index in [9.17, 15) is 4.39 Å². The van der Waals surface area contributed by atoms with Crippen LogP contribution in [0.3, 0.4) is 0 Å². The highest BCUT2D eigenvalue weighted by molar-refractivity contribution is 5.40. The van der Waals surface area contributed by atoms with Gasteiger partial charge in [-0.2, -0.15) is 0 Å². The second kappa shape index (κ2) is 5.24. The smallest absolute Gasteiger partial charge is 0.122 e. The highest BCUT2D eigenvalue weighted by atomic mass is 19.1. The second-order valence-electron chi connectivity index (χ2n) is 4.92. The van der Waals surface area contributed by atoms with Crippen LogP contribution in [0.2, 0.25) is 0 Å². The van der Waals surface area contributed by atoms with Gasteiger partial charge in [0.15, 0.2) is 0 Å². The minimum absolute atomic E-state index is 0.0991. The van der Waals surface area contributed by atoms with Gasteiger partial charge in [-0.1, -0.05) is 12.1 Å². The average Bonchev–Trinajstić information content (AvgIpc) is 2.88. The summed E-state index contributed by atoms with van der Waals surface area (Å²) in [6.45, 7) is 4.17. The standard InChI is InChI=1S/C14H19FN2O/c15-10-13(17-6-4-16-5-7-17)11-1-2-14-12(9-11)3-8-18-14/h1-2,9,13,16H,3-8,10H2/t13-/m1/s1. The minimum atomic E-state index is -0.320. The van der Waals surface area contributed by atoms with Gasteiger partial charge in [-0.3, -0.25) is 4.90 Å². The van der Waals surface area contributed by atoms with Crippen LogP contribution in [0, 0.1) is 0 Å². The molecule has 3 nitrogen and oxygen atoms in total. The van der Waals surface area contributed by atoms with E-state index in [0.717, 1.165) is 50.5 Å². The van der Waals surface area contributed by atoms with E-state index in [1.165, 1.54) is 5.56 Å². The molecule has 1 N–H and O–H groups in total. The number of fused-ring (bicyclic) bond motifs is 1. The fraction of sp³-hybridized carbons (Fsp3) is 0.571. The number of piperazine rings is 1. The first kappa shape index (κ1) is 11.9. The molecule has 2 aliphatic rings. The fourth-order valence-electron chi connectivity index (χ4n) is 2.81. The van der Waals surface area contributed by atoms with Gasteiger partial charge in [-0.15, -0.1) is 0 Å². The molecule has 2 aliphatic heterocycles. The lowest BCUT2D eigenvalue weighted by atomic mass is 10.0. The van der Waals surface area contributed by atoms with E-state index in [0.29, 0.717) is 0 Å². The summed E-state index contributed by atoms with van der Waals surface area (Å²) < 4.78 is 18.9. The van der Waals surface area contributed by atoms with Crippen LogP contribution in [0.15, 0.2) is 18.2 Å². The van der Waals surface area contributed by atoms with Crippen LogP contribution in [0.25, 0.3) is 0 Å². The van der Waals surface area contributed by atoms with Crippen molar-refractivity contribution in [3.05, 3.63) is 29.3 Å². The molecule has 0 bridgehead atoms. The molecule has 98 valence electrons. The zero-order valence-corrected chi connectivity index (χ0v) is 10.5. The summed E-state index contributed by atoms with van der Waals surface area (Å²) in [4.78, 5) is 2.23. The van der Waals surface area contributed by atoms with Gasteiger partial charge in [0.2, 0.25) is 0 Å². The molecular formula is C14H19FN2O. The van der Waals surface area contributed by atoms with Crippen molar-refractivity contribution >= 4 is 0 Å². The number of alkyl halides is 1. The zero-order valence-electron chi connectivity index (χ0n) is 10.5. The molecule has 4 heteroatoms. The van der Waals surface area contributed by atoms with E-state index in [1.54, 1.807) is 0 Å². The van der Waals surface area contributed by atoms with Crippen LogP contribution in [0.5, 0.6) is 5.75 Å². The number of hydrogen-bond acceptors (Lipinski definition) is 3. The van der Waals surface area contributed by atoms with Gasteiger partial charge in [0.25, 0.3) is 0 Å². The van der Waals surface area contributed by atoms with Gasteiger partial charge < -0.3 is 10.1 Å². The molecule has 0 aromatic heterocycles. The molecule has 0 amide bonds. The number of benzene rings is 1. The van der Waals surface area contributed by atoms with Crippen LogP contribution < -0.4 is 10.1 Å².